The summed E-state index contributed by atoms with van der Waals surface area (Å²) in [5.74, 6) is -1.13. The highest BCUT2D eigenvalue weighted by Gasteiger charge is 2.34. The van der Waals surface area contributed by atoms with Gasteiger partial charge in [-0.1, -0.05) is 29.3 Å². The van der Waals surface area contributed by atoms with Crippen molar-refractivity contribution in [3.63, 3.8) is 0 Å². The second-order valence-electron chi connectivity index (χ2n) is 10.3. The minimum atomic E-state index is -0.832. The molecule has 0 radical (unpaired) electrons. The number of carboxylic acid groups (broad SMARTS) is 1. The number of nitrogens with zero attached hydrogens (tertiary/aromatic N) is 2. The van der Waals surface area contributed by atoms with E-state index in [0.717, 1.165) is 25.9 Å². The van der Waals surface area contributed by atoms with Crippen LogP contribution in [0.3, 0.4) is 0 Å². The van der Waals surface area contributed by atoms with Crippen molar-refractivity contribution in [1.29, 1.82) is 0 Å². The average Bonchev–Trinajstić information content (AvgIpc) is 2.79. The molecule has 1 aliphatic heterocycles. The van der Waals surface area contributed by atoms with Gasteiger partial charge in [0.1, 0.15) is 11.6 Å². The highest BCUT2D eigenvalue weighted by Crippen LogP contribution is 2.29. The maximum absolute atomic E-state index is 13.5. The van der Waals surface area contributed by atoms with Gasteiger partial charge in [0.25, 0.3) is 0 Å². The summed E-state index contributed by atoms with van der Waals surface area (Å²) >= 11 is 12.4. The first-order valence-electron chi connectivity index (χ1n) is 12.1. The topological polar surface area (TPSA) is 99.2 Å². The van der Waals surface area contributed by atoms with Crippen LogP contribution >= 0.6 is 23.2 Å². The number of hydrogen-bond acceptors (Lipinski definition) is 5. The van der Waals surface area contributed by atoms with Gasteiger partial charge in [-0.05, 0) is 64.2 Å². The Morgan fingerprint density at radius 1 is 1.09 bits per heavy atom. The third-order valence-electron chi connectivity index (χ3n) is 6.62. The number of piperazine rings is 1. The Kier molecular flexibility index (Phi) is 9.29. The van der Waals surface area contributed by atoms with Crippen LogP contribution in [-0.2, 0) is 20.7 Å². The van der Waals surface area contributed by atoms with E-state index in [2.05, 4.69) is 10.2 Å². The lowest BCUT2D eigenvalue weighted by Crippen LogP contribution is -2.57. The number of alkyl carbamates (subject to hydrolysis) is 1. The molecule has 2 N–H and O–H groups in total. The zero-order chi connectivity index (χ0) is 25.8. The van der Waals surface area contributed by atoms with Crippen LogP contribution in [0.15, 0.2) is 18.2 Å². The number of aliphatic carboxylic acids is 1. The molecule has 35 heavy (non-hydrogen) atoms. The first kappa shape index (κ1) is 27.6. The molecule has 1 aromatic carbocycles. The minimum Gasteiger partial charge on any atom is -0.481 e. The molecule has 194 valence electrons. The zero-order valence-corrected chi connectivity index (χ0v) is 22.1. The Balaban J connectivity index is 1.63. The van der Waals surface area contributed by atoms with Gasteiger partial charge in [0, 0.05) is 48.7 Å². The SMILES string of the molecule is CC(C)(C)OC(=O)NC(Cc1ccc(Cl)cc1Cl)C(=O)N1CCN(C2CCC(C(=O)O)CC2)CC1. The molecule has 0 spiro atoms. The number of benzene rings is 1. The standard InChI is InChI=1S/C25H35Cl2N3O5/c1-25(2,3)35-24(34)28-21(14-17-4-7-18(26)15-20(17)27)22(31)30-12-10-29(11-13-30)19-8-5-16(6-9-19)23(32)33/h4,7,15-16,19,21H,5-6,8-14H2,1-3H3,(H,28,34)(H,32,33). The lowest BCUT2D eigenvalue weighted by atomic mass is 9.85. The van der Waals surface area contributed by atoms with E-state index in [4.69, 9.17) is 27.9 Å². The van der Waals surface area contributed by atoms with E-state index in [1.807, 2.05) is 0 Å². The van der Waals surface area contributed by atoms with Crippen molar-refractivity contribution >= 4 is 41.2 Å². The number of rotatable bonds is 6. The van der Waals surface area contributed by atoms with Crippen LogP contribution in [0.1, 0.15) is 52.0 Å². The van der Waals surface area contributed by atoms with Gasteiger partial charge in [0.15, 0.2) is 0 Å². The molecule has 1 heterocycles. The number of carbonyl (C=O) groups excluding carboxylic acids is 2. The normalized spacial score (nSPS) is 22.4. The van der Waals surface area contributed by atoms with Crippen LogP contribution < -0.4 is 5.32 Å². The fourth-order valence-electron chi connectivity index (χ4n) is 4.77. The summed E-state index contributed by atoms with van der Waals surface area (Å²) in [5, 5.41) is 12.9. The number of carboxylic acids is 1. The third kappa shape index (κ3) is 7.98. The molecular formula is C25H35Cl2N3O5. The van der Waals surface area contributed by atoms with Gasteiger partial charge in [0.2, 0.25) is 5.91 Å². The van der Waals surface area contributed by atoms with Crippen molar-refractivity contribution in [2.45, 2.75) is 70.6 Å². The summed E-state index contributed by atoms with van der Waals surface area (Å²) in [6.45, 7) is 7.81. The molecule has 1 unspecified atom stereocenters. The van der Waals surface area contributed by atoms with E-state index in [-0.39, 0.29) is 18.2 Å². The molecule has 1 aliphatic carbocycles. The molecule has 8 nitrogen and oxygen atoms in total. The molecule has 1 saturated carbocycles. The lowest BCUT2D eigenvalue weighted by molar-refractivity contribution is -0.143. The summed E-state index contributed by atoms with van der Waals surface area (Å²) in [7, 11) is 0. The number of carbonyl (C=O) groups is 3. The van der Waals surface area contributed by atoms with Crippen molar-refractivity contribution in [3.05, 3.63) is 33.8 Å². The zero-order valence-electron chi connectivity index (χ0n) is 20.6. The lowest BCUT2D eigenvalue weighted by Gasteiger charge is -2.42. The van der Waals surface area contributed by atoms with Gasteiger partial charge < -0.3 is 20.1 Å². The Bertz CT molecular complexity index is 920. The maximum atomic E-state index is 13.5. The first-order chi connectivity index (χ1) is 16.4. The second-order valence-corrected chi connectivity index (χ2v) is 11.2. The van der Waals surface area contributed by atoms with E-state index in [1.165, 1.54) is 0 Å². The van der Waals surface area contributed by atoms with Gasteiger partial charge in [-0.3, -0.25) is 14.5 Å². The number of nitrogens with one attached hydrogen (secondary N) is 1. The van der Waals surface area contributed by atoms with Crippen molar-refractivity contribution in [2.75, 3.05) is 26.2 Å². The van der Waals surface area contributed by atoms with Gasteiger partial charge in [-0.25, -0.2) is 4.79 Å². The van der Waals surface area contributed by atoms with Crippen LogP contribution in [0.25, 0.3) is 0 Å². The number of ether oxygens (including phenoxy) is 1. The van der Waals surface area contributed by atoms with Gasteiger partial charge in [0.05, 0.1) is 5.92 Å². The van der Waals surface area contributed by atoms with Gasteiger partial charge in [-0.15, -0.1) is 0 Å². The predicted molar refractivity (Wildman–Crippen MR) is 135 cm³/mol. The average molecular weight is 528 g/mol. The van der Waals surface area contributed by atoms with Crippen LogP contribution in [0.5, 0.6) is 0 Å². The molecule has 2 aliphatic rings. The van der Waals surface area contributed by atoms with Gasteiger partial charge in [-0.2, -0.15) is 0 Å². The van der Waals surface area contributed by atoms with Crippen molar-refractivity contribution in [3.8, 4) is 0 Å². The summed E-state index contributed by atoms with van der Waals surface area (Å²) < 4.78 is 5.39. The van der Waals surface area contributed by atoms with Crippen LogP contribution in [0.2, 0.25) is 10.0 Å². The highest BCUT2D eigenvalue weighted by molar-refractivity contribution is 6.35. The van der Waals surface area contributed by atoms with E-state index >= 15 is 0 Å². The van der Waals surface area contributed by atoms with Gasteiger partial charge >= 0.3 is 12.1 Å². The van der Waals surface area contributed by atoms with E-state index in [9.17, 15) is 19.5 Å². The predicted octanol–water partition coefficient (Wildman–Crippen LogP) is 4.22. The van der Waals surface area contributed by atoms with Crippen LogP contribution in [0, 0.1) is 5.92 Å². The van der Waals surface area contributed by atoms with Crippen molar-refractivity contribution < 1.29 is 24.2 Å². The Labute approximate surface area is 216 Å². The molecule has 0 aromatic heterocycles. The largest absolute Gasteiger partial charge is 0.481 e. The summed E-state index contributed by atoms with van der Waals surface area (Å²) in [6.07, 6.45) is 2.68. The molecule has 2 amide bonds. The smallest absolute Gasteiger partial charge is 0.408 e. The number of halogens is 2. The fourth-order valence-corrected chi connectivity index (χ4v) is 5.26. The Hall–Kier alpha value is -2.03. The Morgan fingerprint density at radius 2 is 1.71 bits per heavy atom. The van der Waals surface area contributed by atoms with Crippen LogP contribution in [-0.4, -0.2) is 76.7 Å². The quantitative estimate of drug-likeness (QED) is 0.574. The van der Waals surface area contributed by atoms with Crippen molar-refractivity contribution in [2.24, 2.45) is 5.92 Å². The molecule has 3 rings (SSSR count). The molecule has 1 aromatic rings. The van der Waals surface area contributed by atoms with E-state index in [1.54, 1.807) is 43.9 Å². The van der Waals surface area contributed by atoms with E-state index < -0.39 is 23.7 Å². The molecule has 1 atom stereocenters. The molecule has 10 heteroatoms. The third-order valence-corrected chi connectivity index (χ3v) is 7.20. The molecule has 0 bridgehead atoms. The van der Waals surface area contributed by atoms with Crippen molar-refractivity contribution in [1.82, 2.24) is 15.1 Å². The molecule has 1 saturated heterocycles. The second kappa shape index (κ2) is 11.8. The number of hydrogen-bond donors (Lipinski definition) is 2. The first-order valence-corrected chi connectivity index (χ1v) is 12.9. The summed E-state index contributed by atoms with van der Waals surface area (Å²) in [5.41, 5.74) is 0.0141. The minimum absolute atomic E-state index is 0.184. The molecule has 2 fully saturated rings. The summed E-state index contributed by atoms with van der Waals surface area (Å²) in [6, 6.07) is 4.60. The fraction of sp³-hybridized carbons (Fsp3) is 0.640. The van der Waals surface area contributed by atoms with E-state index in [0.29, 0.717) is 47.6 Å². The maximum Gasteiger partial charge on any atom is 0.408 e. The Morgan fingerprint density at radius 3 is 2.26 bits per heavy atom. The monoisotopic (exact) mass is 527 g/mol. The summed E-state index contributed by atoms with van der Waals surface area (Å²) in [4.78, 5) is 41.3. The highest BCUT2D eigenvalue weighted by atomic mass is 35.5. The van der Waals surface area contributed by atoms with Crippen LogP contribution in [0.4, 0.5) is 4.79 Å². The molecular weight excluding hydrogens is 493 g/mol. The number of amides is 2.